The number of rotatable bonds is 7. The molecule has 3 heterocycles. The largest absolute Gasteiger partial charge is 0.489 e. The first kappa shape index (κ1) is 26.2. The van der Waals surface area contributed by atoms with E-state index < -0.39 is 17.6 Å². The summed E-state index contributed by atoms with van der Waals surface area (Å²) in [5.41, 5.74) is 3.50. The number of benzene rings is 3. The number of imide groups is 1. The Labute approximate surface area is 233 Å². The summed E-state index contributed by atoms with van der Waals surface area (Å²) in [5.74, 6) is -0.0796. The zero-order chi connectivity index (χ0) is 27.7. The van der Waals surface area contributed by atoms with Gasteiger partial charge in [0.2, 0.25) is 11.8 Å². The normalized spacial score (nSPS) is 20.8. The highest BCUT2D eigenvalue weighted by Gasteiger charge is 2.40. The first-order valence-electron chi connectivity index (χ1n) is 13.9. The molecule has 1 atom stereocenters. The molecule has 0 spiro atoms. The predicted molar refractivity (Wildman–Crippen MR) is 148 cm³/mol. The van der Waals surface area contributed by atoms with Gasteiger partial charge in [0.1, 0.15) is 18.4 Å². The van der Waals surface area contributed by atoms with E-state index in [1.165, 1.54) is 5.56 Å². The van der Waals surface area contributed by atoms with Gasteiger partial charge in [-0.2, -0.15) is 0 Å². The molecule has 40 heavy (non-hydrogen) atoms. The number of fused-ring (bicyclic) bond motifs is 1. The SMILES string of the molecule is O=C1CCC(N2Cc3cc(C4(O)CCN(Cc5cccc(OCc6ccccc6)c5)CC4)ccc3C2=O)C(=O)N1. The van der Waals surface area contributed by atoms with Crippen molar-refractivity contribution in [2.24, 2.45) is 0 Å². The Balaban J connectivity index is 1.07. The lowest BCUT2D eigenvalue weighted by Crippen LogP contribution is -2.52. The third-order valence-electron chi connectivity index (χ3n) is 8.30. The van der Waals surface area contributed by atoms with Crippen molar-refractivity contribution in [1.29, 1.82) is 0 Å². The molecule has 0 bridgehead atoms. The van der Waals surface area contributed by atoms with Crippen molar-refractivity contribution in [3.05, 3.63) is 101 Å². The second-order valence-electron chi connectivity index (χ2n) is 11.0. The molecule has 3 amide bonds. The predicted octanol–water partition coefficient (Wildman–Crippen LogP) is 3.51. The van der Waals surface area contributed by atoms with Crippen molar-refractivity contribution >= 4 is 17.7 Å². The number of carbonyl (C=O) groups is 3. The van der Waals surface area contributed by atoms with Crippen LogP contribution in [0.15, 0.2) is 72.8 Å². The van der Waals surface area contributed by atoms with Gasteiger partial charge in [0.15, 0.2) is 0 Å². The Morgan fingerprint density at radius 3 is 2.48 bits per heavy atom. The maximum absolute atomic E-state index is 13.0. The van der Waals surface area contributed by atoms with Crippen LogP contribution in [0.25, 0.3) is 0 Å². The second kappa shape index (κ2) is 10.9. The molecular weight excluding hydrogens is 506 g/mol. The Morgan fingerprint density at radius 2 is 1.70 bits per heavy atom. The van der Waals surface area contributed by atoms with Crippen LogP contribution in [0.5, 0.6) is 5.75 Å². The van der Waals surface area contributed by atoms with Gasteiger partial charge in [-0.3, -0.25) is 24.6 Å². The van der Waals surface area contributed by atoms with E-state index in [4.69, 9.17) is 4.74 Å². The summed E-state index contributed by atoms with van der Waals surface area (Å²) in [5, 5.41) is 13.9. The van der Waals surface area contributed by atoms with Gasteiger partial charge in [-0.25, -0.2) is 0 Å². The van der Waals surface area contributed by atoms with E-state index in [0.29, 0.717) is 38.0 Å². The summed E-state index contributed by atoms with van der Waals surface area (Å²) in [6.45, 7) is 3.09. The van der Waals surface area contributed by atoms with E-state index in [-0.39, 0.29) is 18.2 Å². The van der Waals surface area contributed by atoms with Crippen molar-refractivity contribution in [3.8, 4) is 5.75 Å². The molecule has 2 fully saturated rings. The number of hydrogen-bond acceptors (Lipinski definition) is 6. The zero-order valence-electron chi connectivity index (χ0n) is 22.3. The lowest BCUT2D eigenvalue weighted by atomic mass is 9.83. The first-order chi connectivity index (χ1) is 19.4. The summed E-state index contributed by atoms with van der Waals surface area (Å²) in [7, 11) is 0. The van der Waals surface area contributed by atoms with Crippen LogP contribution in [-0.4, -0.2) is 51.8 Å². The number of piperidine rings is 2. The lowest BCUT2D eigenvalue weighted by molar-refractivity contribution is -0.136. The highest BCUT2D eigenvalue weighted by atomic mass is 16.5. The topological polar surface area (TPSA) is 99.2 Å². The Hall–Kier alpha value is -4.01. The molecule has 2 saturated heterocycles. The summed E-state index contributed by atoms with van der Waals surface area (Å²) < 4.78 is 5.99. The van der Waals surface area contributed by atoms with Crippen molar-refractivity contribution in [2.75, 3.05) is 13.1 Å². The quantitative estimate of drug-likeness (QED) is 0.446. The summed E-state index contributed by atoms with van der Waals surface area (Å²) in [4.78, 5) is 40.8. The standard InChI is InChI=1S/C32H33N3O5/c36-29-12-11-28(30(37)33-29)35-20-24-18-25(9-10-27(24)31(35)38)32(39)13-15-34(16-14-32)19-23-7-4-8-26(17-23)40-21-22-5-2-1-3-6-22/h1-10,17-18,28,39H,11-16,19-21H2,(H,33,36,37). The molecule has 3 aliphatic rings. The van der Waals surface area contributed by atoms with E-state index in [2.05, 4.69) is 22.3 Å². The van der Waals surface area contributed by atoms with Crippen LogP contribution in [0.3, 0.4) is 0 Å². The minimum atomic E-state index is -0.975. The van der Waals surface area contributed by atoms with Gasteiger partial charge >= 0.3 is 0 Å². The molecule has 0 radical (unpaired) electrons. The summed E-state index contributed by atoms with van der Waals surface area (Å²) in [6, 6.07) is 23.1. The average molecular weight is 540 g/mol. The number of amides is 3. The fourth-order valence-corrected chi connectivity index (χ4v) is 5.97. The molecular formula is C32H33N3O5. The number of carbonyl (C=O) groups excluding carboxylic acids is 3. The molecule has 0 aromatic heterocycles. The molecule has 3 aliphatic heterocycles. The molecule has 206 valence electrons. The Bertz CT molecular complexity index is 1430. The fraction of sp³-hybridized carbons (Fsp3) is 0.344. The maximum atomic E-state index is 13.0. The number of likely N-dealkylation sites (tertiary alicyclic amines) is 1. The molecule has 0 saturated carbocycles. The van der Waals surface area contributed by atoms with Crippen molar-refractivity contribution in [1.82, 2.24) is 15.1 Å². The molecule has 8 heteroatoms. The molecule has 0 aliphatic carbocycles. The molecule has 8 nitrogen and oxygen atoms in total. The van der Waals surface area contributed by atoms with Gasteiger partial charge in [0.05, 0.1) is 5.60 Å². The van der Waals surface area contributed by atoms with Crippen LogP contribution < -0.4 is 10.1 Å². The fourth-order valence-electron chi connectivity index (χ4n) is 5.97. The van der Waals surface area contributed by atoms with E-state index >= 15 is 0 Å². The average Bonchev–Trinajstić information content (AvgIpc) is 3.29. The van der Waals surface area contributed by atoms with Gasteiger partial charge in [0, 0.05) is 38.2 Å². The van der Waals surface area contributed by atoms with Crippen LogP contribution in [0.4, 0.5) is 0 Å². The number of aliphatic hydroxyl groups is 1. The van der Waals surface area contributed by atoms with Crippen LogP contribution in [-0.2, 0) is 34.9 Å². The third kappa shape index (κ3) is 5.37. The third-order valence-corrected chi connectivity index (χ3v) is 8.30. The van der Waals surface area contributed by atoms with Crippen molar-refractivity contribution < 1.29 is 24.2 Å². The number of ether oxygens (including phenoxy) is 1. The number of nitrogens with one attached hydrogen (secondary N) is 1. The first-order valence-corrected chi connectivity index (χ1v) is 13.9. The second-order valence-corrected chi connectivity index (χ2v) is 11.0. The van der Waals surface area contributed by atoms with Gasteiger partial charge in [-0.1, -0.05) is 54.6 Å². The van der Waals surface area contributed by atoms with Crippen molar-refractivity contribution in [3.63, 3.8) is 0 Å². The molecule has 6 rings (SSSR count). The summed E-state index contributed by atoms with van der Waals surface area (Å²) in [6.07, 6.45) is 1.73. The Morgan fingerprint density at radius 1 is 0.925 bits per heavy atom. The van der Waals surface area contributed by atoms with Crippen LogP contribution in [0.2, 0.25) is 0 Å². The minimum Gasteiger partial charge on any atom is -0.489 e. The van der Waals surface area contributed by atoms with Gasteiger partial charge in [-0.05, 0) is 59.7 Å². The van der Waals surface area contributed by atoms with E-state index in [0.717, 1.165) is 42.1 Å². The van der Waals surface area contributed by atoms with E-state index in [1.807, 2.05) is 54.6 Å². The van der Waals surface area contributed by atoms with Gasteiger partial charge < -0.3 is 14.7 Å². The van der Waals surface area contributed by atoms with Crippen molar-refractivity contribution in [2.45, 2.75) is 57.0 Å². The Kier molecular flexibility index (Phi) is 7.12. The van der Waals surface area contributed by atoms with E-state index in [9.17, 15) is 19.5 Å². The zero-order valence-corrected chi connectivity index (χ0v) is 22.3. The molecule has 2 N–H and O–H groups in total. The monoisotopic (exact) mass is 539 g/mol. The molecule has 3 aromatic rings. The van der Waals surface area contributed by atoms with Crippen LogP contribution in [0.1, 0.15) is 58.3 Å². The van der Waals surface area contributed by atoms with Gasteiger partial charge in [-0.15, -0.1) is 0 Å². The lowest BCUT2D eigenvalue weighted by Gasteiger charge is -2.38. The minimum absolute atomic E-state index is 0.201. The highest BCUT2D eigenvalue weighted by Crippen LogP contribution is 2.37. The van der Waals surface area contributed by atoms with Crippen LogP contribution in [0, 0.1) is 0 Å². The molecule has 1 unspecified atom stereocenters. The maximum Gasteiger partial charge on any atom is 0.255 e. The molecule has 3 aromatic carbocycles. The number of nitrogens with zero attached hydrogens (tertiary/aromatic N) is 2. The van der Waals surface area contributed by atoms with Crippen LogP contribution >= 0.6 is 0 Å². The smallest absolute Gasteiger partial charge is 0.255 e. The number of hydrogen-bond donors (Lipinski definition) is 2. The highest BCUT2D eigenvalue weighted by molar-refractivity contribution is 6.05. The van der Waals surface area contributed by atoms with Gasteiger partial charge in [0.25, 0.3) is 5.91 Å². The van der Waals surface area contributed by atoms with E-state index in [1.54, 1.807) is 11.0 Å². The summed E-state index contributed by atoms with van der Waals surface area (Å²) >= 11 is 0.